The van der Waals surface area contributed by atoms with E-state index in [2.05, 4.69) is 22.4 Å². The summed E-state index contributed by atoms with van der Waals surface area (Å²) in [6.07, 6.45) is 2.81. The van der Waals surface area contributed by atoms with E-state index in [1.807, 2.05) is 6.92 Å². The van der Waals surface area contributed by atoms with Gasteiger partial charge in [0.25, 0.3) is 0 Å². The summed E-state index contributed by atoms with van der Waals surface area (Å²) in [4.78, 5) is 0. The number of nitrogens with one attached hydrogen (secondary N) is 1. The highest BCUT2D eigenvalue weighted by Gasteiger charge is 2.11. The maximum absolute atomic E-state index is 13.3. The van der Waals surface area contributed by atoms with Crippen molar-refractivity contribution in [2.75, 3.05) is 13.1 Å². The highest BCUT2D eigenvalue weighted by Crippen LogP contribution is 2.23. The van der Waals surface area contributed by atoms with Crippen LogP contribution in [0.15, 0.2) is 22.6 Å². The standard InChI is InChI=1S/C15H20FN3O/c1-3-8-17-9-4-5-14-18-19-15(20-14)13-10-12(16)7-6-11(13)2/h6-7,10,17H,3-5,8-9H2,1-2H3. The quantitative estimate of drug-likeness (QED) is 0.790. The molecule has 4 nitrogen and oxygen atoms in total. The third kappa shape index (κ3) is 3.87. The predicted octanol–water partition coefficient (Wildman–Crippen LogP) is 3.12. The fraction of sp³-hybridized carbons (Fsp3) is 0.467. The lowest BCUT2D eigenvalue weighted by Crippen LogP contribution is -2.16. The van der Waals surface area contributed by atoms with Crippen molar-refractivity contribution in [1.29, 1.82) is 0 Å². The van der Waals surface area contributed by atoms with Crippen LogP contribution in [0.5, 0.6) is 0 Å². The molecule has 2 aromatic rings. The van der Waals surface area contributed by atoms with E-state index >= 15 is 0 Å². The second-order valence-electron chi connectivity index (χ2n) is 4.81. The number of aryl methyl sites for hydroxylation is 2. The largest absolute Gasteiger partial charge is 0.421 e. The Morgan fingerprint density at radius 3 is 2.90 bits per heavy atom. The van der Waals surface area contributed by atoms with Gasteiger partial charge in [-0.15, -0.1) is 10.2 Å². The average Bonchev–Trinajstić information content (AvgIpc) is 2.90. The minimum atomic E-state index is -0.297. The van der Waals surface area contributed by atoms with Crippen molar-refractivity contribution in [2.45, 2.75) is 33.1 Å². The van der Waals surface area contributed by atoms with Crippen LogP contribution in [0.1, 0.15) is 31.2 Å². The average molecular weight is 277 g/mol. The lowest BCUT2D eigenvalue weighted by Gasteiger charge is -2.01. The molecule has 0 saturated carbocycles. The molecule has 1 N–H and O–H groups in total. The van der Waals surface area contributed by atoms with Crippen molar-refractivity contribution in [2.24, 2.45) is 0 Å². The van der Waals surface area contributed by atoms with Gasteiger partial charge >= 0.3 is 0 Å². The molecule has 1 heterocycles. The van der Waals surface area contributed by atoms with Crippen LogP contribution < -0.4 is 5.32 Å². The molecule has 1 aromatic heterocycles. The van der Waals surface area contributed by atoms with E-state index in [9.17, 15) is 4.39 Å². The molecule has 0 atom stereocenters. The van der Waals surface area contributed by atoms with Crippen molar-refractivity contribution in [3.05, 3.63) is 35.5 Å². The van der Waals surface area contributed by atoms with Gasteiger partial charge in [0, 0.05) is 12.0 Å². The number of aromatic nitrogens is 2. The third-order valence-electron chi connectivity index (χ3n) is 3.07. The molecule has 2 rings (SSSR count). The molecule has 0 aliphatic rings. The zero-order chi connectivity index (χ0) is 14.4. The first-order valence-electron chi connectivity index (χ1n) is 7.00. The minimum Gasteiger partial charge on any atom is -0.421 e. The fourth-order valence-corrected chi connectivity index (χ4v) is 1.95. The summed E-state index contributed by atoms with van der Waals surface area (Å²) >= 11 is 0. The summed E-state index contributed by atoms with van der Waals surface area (Å²) in [5, 5.41) is 11.3. The van der Waals surface area contributed by atoms with Crippen LogP contribution in [0, 0.1) is 12.7 Å². The summed E-state index contributed by atoms with van der Waals surface area (Å²) in [6.45, 7) is 5.99. The van der Waals surface area contributed by atoms with Crippen LogP contribution in [-0.2, 0) is 6.42 Å². The van der Waals surface area contributed by atoms with Gasteiger partial charge in [0.1, 0.15) is 5.82 Å². The van der Waals surface area contributed by atoms with Crippen LogP contribution >= 0.6 is 0 Å². The molecule has 0 spiro atoms. The van der Waals surface area contributed by atoms with Gasteiger partial charge in [0.05, 0.1) is 0 Å². The van der Waals surface area contributed by atoms with E-state index in [-0.39, 0.29) is 5.82 Å². The molecular formula is C15H20FN3O. The second kappa shape index (κ2) is 7.14. The predicted molar refractivity (Wildman–Crippen MR) is 75.9 cm³/mol. The van der Waals surface area contributed by atoms with Gasteiger partial charge in [-0.3, -0.25) is 0 Å². The van der Waals surface area contributed by atoms with Crippen LogP contribution in [0.3, 0.4) is 0 Å². The molecule has 108 valence electrons. The SMILES string of the molecule is CCCNCCCc1nnc(-c2cc(F)ccc2C)o1. The normalized spacial score (nSPS) is 10.9. The zero-order valence-corrected chi connectivity index (χ0v) is 11.9. The van der Waals surface area contributed by atoms with Gasteiger partial charge in [-0.1, -0.05) is 13.0 Å². The number of nitrogens with zero attached hydrogens (tertiary/aromatic N) is 2. The van der Waals surface area contributed by atoms with E-state index in [0.717, 1.165) is 37.9 Å². The molecular weight excluding hydrogens is 257 g/mol. The molecule has 0 bridgehead atoms. The van der Waals surface area contributed by atoms with Crippen molar-refractivity contribution in [1.82, 2.24) is 15.5 Å². The highest BCUT2D eigenvalue weighted by atomic mass is 19.1. The maximum atomic E-state index is 13.3. The maximum Gasteiger partial charge on any atom is 0.248 e. The summed E-state index contributed by atoms with van der Waals surface area (Å²) in [5.41, 5.74) is 1.58. The molecule has 0 aliphatic carbocycles. The number of hydrogen-bond acceptors (Lipinski definition) is 4. The van der Waals surface area contributed by atoms with Gasteiger partial charge in [-0.05, 0) is 50.6 Å². The monoisotopic (exact) mass is 277 g/mol. The Kier molecular flexibility index (Phi) is 5.24. The van der Waals surface area contributed by atoms with Gasteiger partial charge in [0.2, 0.25) is 11.8 Å². The summed E-state index contributed by atoms with van der Waals surface area (Å²) < 4.78 is 18.9. The smallest absolute Gasteiger partial charge is 0.248 e. The Balaban J connectivity index is 1.96. The van der Waals surface area contributed by atoms with Crippen LogP contribution in [0.2, 0.25) is 0 Å². The van der Waals surface area contributed by atoms with Crippen molar-refractivity contribution < 1.29 is 8.81 Å². The Bertz CT molecular complexity index is 554. The number of hydrogen-bond donors (Lipinski definition) is 1. The summed E-state index contributed by atoms with van der Waals surface area (Å²) in [5.74, 6) is 0.689. The first-order chi connectivity index (χ1) is 9.70. The second-order valence-corrected chi connectivity index (χ2v) is 4.81. The van der Waals surface area contributed by atoms with Crippen molar-refractivity contribution in [3.8, 4) is 11.5 Å². The highest BCUT2D eigenvalue weighted by molar-refractivity contribution is 5.57. The lowest BCUT2D eigenvalue weighted by atomic mass is 10.1. The van der Waals surface area contributed by atoms with Crippen LogP contribution in [0.4, 0.5) is 4.39 Å². The van der Waals surface area contributed by atoms with Gasteiger partial charge in [-0.25, -0.2) is 4.39 Å². The Morgan fingerprint density at radius 2 is 2.10 bits per heavy atom. The van der Waals surface area contributed by atoms with E-state index in [0.29, 0.717) is 17.3 Å². The van der Waals surface area contributed by atoms with E-state index in [1.54, 1.807) is 6.07 Å². The van der Waals surface area contributed by atoms with Crippen LogP contribution in [0.25, 0.3) is 11.5 Å². The van der Waals surface area contributed by atoms with Crippen molar-refractivity contribution >= 4 is 0 Å². The number of halogens is 1. The molecule has 1 aromatic carbocycles. The molecule has 0 aliphatic heterocycles. The van der Waals surface area contributed by atoms with E-state index in [4.69, 9.17) is 4.42 Å². The molecule has 0 unspecified atom stereocenters. The molecule has 0 fully saturated rings. The zero-order valence-electron chi connectivity index (χ0n) is 11.9. The van der Waals surface area contributed by atoms with Gasteiger partial charge in [-0.2, -0.15) is 0 Å². The van der Waals surface area contributed by atoms with E-state index < -0.39 is 0 Å². The van der Waals surface area contributed by atoms with Crippen molar-refractivity contribution in [3.63, 3.8) is 0 Å². The van der Waals surface area contributed by atoms with E-state index in [1.165, 1.54) is 12.1 Å². The Morgan fingerprint density at radius 1 is 1.25 bits per heavy atom. The number of benzene rings is 1. The minimum absolute atomic E-state index is 0.297. The Hall–Kier alpha value is -1.75. The Labute approximate surface area is 118 Å². The van der Waals surface area contributed by atoms with Gasteiger partial charge < -0.3 is 9.73 Å². The topological polar surface area (TPSA) is 51.0 Å². The molecule has 0 saturated heterocycles. The molecule has 5 heteroatoms. The lowest BCUT2D eigenvalue weighted by molar-refractivity contribution is 0.490. The number of rotatable bonds is 7. The van der Waals surface area contributed by atoms with Gasteiger partial charge in [0.15, 0.2) is 0 Å². The van der Waals surface area contributed by atoms with Crippen LogP contribution in [-0.4, -0.2) is 23.3 Å². The summed E-state index contributed by atoms with van der Waals surface area (Å²) in [6, 6.07) is 4.56. The fourth-order valence-electron chi connectivity index (χ4n) is 1.95. The summed E-state index contributed by atoms with van der Waals surface area (Å²) in [7, 11) is 0. The molecule has 0 radical (unpaired) electrons. The molecule has 0 amide bonds. The first kappa shape index (κ1) is 14.7. The molecule has 20 heavy (non-hydrogen) atoms. The third-order valence-corrected chi connectivity index (χ3v) is 3.07. The first-order valence-corrected chi connectivity index (χ1v) is 7.00.